The number of alkyl halides is 2. The maximum atomic E-state index is 13.8. The number of pyridine rings is 1. The molecule has 2 amide bonds. The van der Waals surface area contributed by atoms with Gasteiger partial charge in [-0.3, -0.25) is 0 Å². The van der Waals surface area contributed by atoms with Gasteiger partial charge in [0.1, 0.15) is 5.82 Å². The van der Waals surface area contributed by atoms with Crippen molar-refractivity contribution < 1.29 is 9.18 Å². The monoisotopic (exact) mass is 621 g/mol. The number of amides is 2. The Bertz CT molecular complexity index is 1680. The molecule has 0 fully saturated rings. The van der Waals surface area contributed by atoms with Crippen LogP contribution in [0.1, 0.15) is 0 Å². The number of halogens is 4. The topological polar surface area (TPSA) is 69.3 Å². The van der Waals surface area contributed by atoms with Gasteiger partial charge in [0.2, 0.25) is 0 Å². The highest BCUT2D eigenvalue weighted by molar-refractivity contribution is 6.31. The molecule has 5 rings (SSSR count). The minimum absolute atomic E-state index is 0.0134. The first-order chi connectivity index (χ1) is 20.4. The van der Waals surface area contributed by atoms with Gasteiger partial charge in [-0.25, -0.2) is 14.2 Å². The van der Waals surface area contributed by atoms with Crippen LogP contribution < -0.4 is 20.9 Å². The van der Waals surface area contributed by atoms with E-state index in [-0.39, 0.29) is 5.02 Å². The number of carbonyl (C=O) groups excluding carboxylic acids is 1. The van der Waals surface area contributed by atoms with Crippen LogP contribution in [-0.2, 0) is 0 Å². The van der Waals surface area contributed by atoms with Crippen molar-refractivity contribution in [3.8, 4) is 11.3 Å². The number of benzene rings is 4. The Balaban J connectivity index is 1.39. The molecule has 0 aliphatic rings. The molecule has 0 spiro atoms. The minimum Gasteiger partial charge on any atom is -0.369 e. The summed E-state index contributed by atoms with van der Waals surface area (Å²) >= 11 is 17.9. The molecule has 0 aliphatic carbocycles. The number of carbonyl (C=O) groups is 1. The lowest BCUT2D eigenvalue weighted by atomic mass is 10.1. The number of anilines is 5. The number of nitrogens with one attached hydrogen (secondary N) is 3. The standard InChI is InChI=1S/C32H27Cl3FN5O/c33-14-16-41(17-15-34)25-10-6-22(7-11-25)38-32(42)39-23-9-13-29-26(18-23)31(37-24-8-12-28(36)27(35)19-24)20-30(40-29)21-4-2-1-3-5-21/h1-13,18-20H,14-17H2,(H,37,40)(H2,38,39,42). The second kappa shape index (κ2) is 13.7. The van der Waals surface area contributed by atoms with Gasteiger partial charge in [-0.05, 0) is 66.7 Å². The van der Waals surface area contributed by atoms with Crippen molar-refractivity contribution >= 4 is 80.2 Å². The lowest BCUT2D eigenvalue weighted by Gasteiger charge is -2.23. The molecule has 0 bridgehead atoms. The number of fused-ring (bicyclic) bond motifs is 1. The Kier molecular flexibility index (Phi) is 9.64. The number of rotatable bonds is 10. The van der Waals surface area contributed by atoms with E-state index in [1.165, 1.54) is 12.1 Å². The fraction of sp³-hybridized carbons (Fsp3) is 0.125. The van der Waals surface area contributed by atoms with Gasteiger partial charge in [-0.1, -0.05) is 41.9 Å². The van der Waals surface area contributed by atoms with Gasteiger partial charge in [0, 0.05) is 58.5 Å². The Morgan fingerprint density at radius 1 is 0.786 bits per heavy atom. The quantitative estimate of drug-likeness (QED) is 0.136. The number of hydrogen-bond acceptors (Lipinski definition) is 4. The smallest absolute Gasteiger partial charge is 0.323 e. The molecule has 3 N–H and O–H groups in total. The molecule has 42 heavy (non-hydrogen) atoms. The fourth-order valence-electron chi connectivity index (χ4n) is 4.52. The summed E-state index contributed by atoms with van der Waals surface area (Å²) in [7, 11) is 0. The molecular weight excluding hydrogens is 596 g/mol. The average molecular weight is 623 g/mol. The Morgan fingerprint density at radius 2 is 1.45 bits per heavy atom. The van der Waals surface area contributed by atoms with Crippen LogP contribution in [0.3, 0.4) is 0 Å². The molecule has 4 aromatic carbocycles. The first-order valence-corrected chi connectivity index (χ1v) is 14.7. The molecule has 5 aromatic rings. The van der Waals surface area contributed by atoms with Crippen LogP contribution in [0, 0.1) is 5.82 Å². The predicted octanol–water partition coefficient (Wildman–Crippen LogP) is 9.37. The second-order valence-electron chi connectivity index (χ2n) is 9.40. The summed E-state index contributed by atoms with van der Waals surface area (Å²) in [6.45, 7) is 1.35. The van der Waals surface area contributed by atoms with Crippen molar-refractivity contribution in [2.24, 2.45) is 0 Å². The van der Waals surface area contributed by atoms with E-state index in [4.69, 9.17) is 39.8 Å². The zero-order valence-corrected chi connectivity index (χ0v) is 24.6. The zero-order valence-electron chi connectivity index (χ0n) is 22.4. The van der Waals surface area contributed by atoms with E-state index < -0.39 is 11.8 Å². The summed E-state index contributed by atoms with van der Waals surface area (Å²) in [6, 6.07) is 28.7. The summed E-state index contributed by atoms with van der Waals surface area (Å²) in [6.07, 6.45) is 0. The van der Waals surface area contributed by atoms with E-state index in [0.717, 1.165) is 28.0 Å². The summed E-state index contributed by atoms with van der Waals surface area (Å²) < 4.78 is 13.8. The molecule has 0 unspecified atom stereocenters. The first kappa shape index (κ1) is 29.5. The molecule has 0 radical (unpaired) electrons. The minimum atomic E-state index is -0.498. The van der Waals surface area contributed by atoms with E-state index in [1.807, 2.05) is 72.8 Å². The SMILES string of the molecule is O=C(Nc1ccc(N(CCCl)CCCl)cc1)Nc1ccc2nc(-c3ccccc3)cc(Nc3ccc(F)c(Cl)c3)c2c1. The van der Waals surface area contributed by atoms with Crippen LogP contribution in [0.15, 0.2) is 97.1 Å². The highest BCUT2D eigenvalue weighted by Gasteiger charge is 2.12. The van der Waals surface area contributed by atoms with Crippen LogP contribution in [0.4, 0.5) is 37.6 Å². The van der Waals surface area contributed by atoms with Gasteiger partial charge in [-0.15, -0.1) is 23.2 Å². The van der Waals surface area contributed by atoms with Gasteiger partial charge in [0.25, 0.3) is 0 Å². The lowest BCUT2D eigenvalue weighted by molar-refractivity contribution is 0.262. The third-order valence-electron chi connectivity index (χ3n) is 6.53. The van der Waals surface area contributed by atoms with Gasteiger partial charge in [0.05, 0.1) is 21.9 Å². The normalized spacial score (nSPS) is 10.9. The largest absolute Gasteiger partial charge is 0.369 e. The highest BCUT2D eigenvalue weighted by atomic mass is 35.5. The molecular formula is C32H27Cl3FN5O. The molecule has 0 atom stereocenters. The molecule has 0 saturated heterocycles. The summed E-state index contributed by atoms with van der Waals surface area (Å²) in [5.74, 6) is 0.480. The third kappa shape index (κ3) is 7.23. The average Bonchev–Trinajstić information content (AvgIpc) is 3.00. The summed E-state index contributed by atoms with van der Waals surface area (Å²) in [5, 5.41) is 9.87. The van der Waals surface area contributed by atoms with Gasteiger partial charge in [-0.2, -0.15) is 0 Å². The Labute approximate surface area is 258 Å². The van der Waals surface area contributed by atoms with Crippen molar-refractivity contribution in [1.29, 1.82) is 0 Å². The molecule has 214 valence electrons. The molecule has 6 nitrogen and oxygen atoms in total. The lowest BCUT2D eigenvalue weighted by Crippen LogP contribution is -2.27. The summed E-state index contributed by atoms with van der Waals surface area (Å²) in [5.41, 5.74) is 5.94. The van der Waals surface area contributed by atoms with Crippen LogP contribution in [-0.4, -0.2) is 35.9 Å². The molecule has 0 aliphatic heterocycles. The summed E-state index contributed by atoms with van der Waals surface area (Å²) in [4.78, 5) is 19.8. The second-order valence-corrected chi connectivity index (χ2v) is 10.6. The molecule has 1 aromatic heterocycles. The van der Waals surface area contributed by atoms with E-state index >= 15 is 0 Å². The first-order valence-electron chi connectivity index (χ1n) is 13.2. The Morgan fingerprint density at radius 3 is 2.14 bits per heavy atom. The van der Waals surface area contributed by atoms with E-state index in [9.17, 15) is 9.18 Å². The van der Waals surface area contributed by atoms with Crippen molar-refractivity contribution in [2.75, 3.05) is 45.7 Å². The van der Waals surface area contributed by atoms with Crippen molar-refractivity contribution in [2.45, 2.75) is 0 Å². The highest BCUT2D eigenvalue weighted by Crippen LogP contribution is 2.33. The van der Waals surface area contributed by atoms with E-state index in [0.29, 0.717) is 47.4 Å². The maximum absolute atomic E-state index is 13.8. The van der Waals surface area contributed by atoms with Gasteiger partial charge < -0.3 is 20.9 Å². The van der Waals surface area contributed by atoms with E-state index in [2.05, 4.69) is 20.9 Å². The Hall–Kier alpha value is -4.04. The van der Waals surface area contributed by atoms with Crippen LogP contribution >= 0.6 is 34.8 Å². The molecule has 1 heterocycles. The van der Waals surface area contributed by atoms with Crippen LogP contribution in [0.2, 0.25) is 5.02 Å². The third-order valence-corrected chi connectivity index (χ3v) is 7.16. The van der Waals surface area contributed by atoms with Gasteiger partial charge >= 0.3 is 6.03 Å². The van der Waals surface area contributed by atoms with E-state index in [1.54, 1.807) is 12.1 Å². The van der Waals surface area contributed by atoms with Crippen molar-refractivity contribution in [3.63, 3.8) is 0 Å². The molecule has 0 saturated carbocycles. The predicted molar refractivity (Wildman–Crippen MR) is 175 cm³/mol. The number of nitrogens with zero attached hydrogens (tertiary/aromatic N) is 2. The van der Waals surface area contributed by atoms with Crippen LogP contribution in [0.5, 0.6) is 0 Å². The van der Waals surface area contributed by atoms with Gasteiger partial charge in [0.15, 0.2) is 0 Å². The van der Waals surface area contributed by atoms with Crippen molar-refractivity contribution in [1.82, 2.24) is 4.98 Å². The zero-order chi connectivity index (χ0) is 29.5. The fourth-order valence-corrected chi connectivity index (χ4v) is 5.10. The van der Waals surface area contributed by atoms with Crippen molar-refractivity contribution in [3.05, 3.63) is 108 Å². The maximum Gasteiger partial charge on any atom is 0.323 e. The number of aromatic nitrogens is 1. The number of hydrogen-bond donors (Lipinski definition) is 3. The van der Waals surface area contributed by atoms with Crippen LogP contribution in [0.25, 0.3) is 22.2 Å². The molecule has 10 heteroatoms. The number of urea groups is 1.